The summed E-state index contributed by atoms with van der Waals surface area (Å²) in [4.78, 5) is -0.223. The minimum atomic E-state index is -3.57. The maximum Gasteiger partial charge on any atom is 0.176 e. The van der Waals surface area contributed by atoms with Crippen LogP contribution in [0.2, 0.25) is 0 Å². The number of hydrogen-bond acceptors (Lipinski definition) is 5. The molecular weight excluding hydrogens is 298 g/mol. The largest absolute Gasteiger partial charge is 0.314 e. The molecule has 7 heteroatoms. The Bertz CT molecular complexity index is 702. The molecule has 0 bridgehead atoms. The van der Waals surface area contributed by atoms with Crippen LogP contribution in [-0.2, 0) is 26.1 Å². The lowest BCUT2D eigenvalue weighted by Crippen LogP contribution is -2.23. The average molecular weight is 317 g/mol. The number of nitrogens with one attached hydrogen (secondary N) is 1. The van der Waals surface area contributed by atoms with Crippen molar-refractivity contribution >= 4 is 19.7 Å². The lowest BCUT2D eigenvalue weighted by molar-refractivity contribution is 0.586. The fraction of sp³-hybridized carbons (Fsp3) is 0.538. The first-order valence-electron chi connectivity index (χ1n) is 6.44. The van der Waals surface area contributed by atoms with Crippen LogP contribution in [0.25, 0.3) is 0 Å². The molecule has 1 unspecified atom stereocenters. The molecule has 1 fully saturated rings. The van der Waals surface area contributed by atoms with E-state index in [1.165, 1.54) is 12.1 Å². The SMILES string of the molecule is CS(=O)(=O)c1ccc(CC2CCCN2)cc1S(C)(=O)=O. The minimum Gasteiger partial charge on any atom is -0.314 e. The van der Waals surface area contributed by atoms with Crippen molar-refractivity contribution in [1.29, 1.82) is 0 Å². The zero-order valence-corrected chi connectivity index (χ0v) is 13.2. The first-order valence-corrected chi connectivity index (χ1v) is 10.2. The van der Waals surface area contributed by atoms with Crippen molar-refractivity contribution in [2.24, 2.45) is 0 Å². The molecule has 5 nitrogen and oxygen atoms in total. The highest BCUT2D eigenvalue weighted by Gasteiger charge is 2.22. The highest BCUT2D eigenvalue weighted by atomic mass is 32.2. The lowest BCUT2D eigenvalue weighted by Gasteiger charge is -2.13. The van der Waals surface area contributed by atoms with Gasteiger partial charge >= 0.3 is 0 Å². The molecule has 0 amide bonds. The molecule has 0 saturated carbocycles. The molecule has 1 aromatic rings. The molecule has 1 heterocycles. The van der Waals surface area contributed by atoms with Gasteiger partial charge in [0.1, 0.15) is 0 Å². The summed E-state index contributed by atoms with van der Waals surface area (Å²) in [6.07, 6.45) is 4.95. The second-order valence-electron chi connectivity index (χ2n) is 5.32. The molecular formula is C13H19NO4S2. The smallest absolute Gasteiger partial charge is 0.176 e. The van der Waals surface area contributed by atoms with Gasteiger partial charge in [0.25, 0.3) is 0 Å². The Kier molecular flexibility index (Phi) is 4.22. The first-order chi connectivity index (χ1) is 9.18. The van der Waals surface area contributed by atoms with Gasteiger partial charge in [0, 0.05) is 18.6 Å². The lowest BCUT2D eigenvalue weighted by atomic mass is 10.0. The Hall–Kier alpha value is -0.920. The van der Waals surface area contributed by atoms with Crippen molar-refractivity contribution in [2.45, 2.75) is 35.1 Å². The van der Waals surface area contributed by atoms with E-state index < -0.39 is 19.7 Å². The predicted octanol–water partition coefficient (Wildman–Crippen LogP) is 0.788. The Morgan fingerprint density at radius 3 is 2.25 bits per heavy atom. The molecule has 0 radical (unpaired) electrons. The molecule has 0 aliphatic carbocycles. The van der Waals surface area contributed by atoms with Crippen LogP contribution in [0.1, 0.15) is 18.4 Å². The number of sulfone groups is 2. The molecule has 0 spiro atoms. The standard InChI is InChI=1S/C13H19NO4S2/c1-19(15,16)12-6-5-10(8-11-4-3-7-14-11)9-13(12)20(2,17)18/h5-6,9,11,14H,3-4,7-8H2,1-2H3. The third-order valence-corrected chi connectivity index (χ3v) is 5.87. The summed E-state index contributed by atoms with van der Waals surface area (Å²) in [5, 5.41) is 3.34. The van der Waals surface area contributed by atoms with Gasteiger partial charge in [0.15, 0.2) is 19.7 Å². The van der Waals surface area contributed by atoms with Gasteiger partial charge < -0.3 is 5.32 Å². The van der Waals surface area contributed by atoms with Crippen molar-refractivity contribution in [3.05, 3.63) is 23.8 Å². The van der Waals surface area contributed by atoms with Crippen LogP contribution in [-0.4, -0.2) is 41.9 Å². The minimum absolute atomic E-state index is 0.101. The van der Waals surface area contributed by atoms with E-state index in [4.69, 9.17) is 0 Å². The fourth-order valence-electron chi connectivity index (χ4n) is 2.49. The van der Waals surface area contributed by atoms with E-state index >= 15 is 0 Å². The quantitative estimate of drug-likeness (QED) is 0.888. The van der Waals surface area contributed by atoms with Crippen molar-refractivity contribution in [3.8, 4) is 0 Å². The van der Waals surface area contributed by atoms with Crippen molar-refractivity contribution in [2.75, 3.05) is 19.1 Å². The second kappa shape index (κ2) is 5.46. The Labute approximate surface area is 120 Å². The highest BCUT2D eigenvalue weighted by Crippen LogP contribution is 2.24. The van der Waals surface area contributed by atoms with Crippen LogP contribution in [0.15, 0.2) is 28.0 Å². The first kappa shape index (κ1) is 15.5. The summed E-state index contributed by atoms with van der Waals surface area (Å²) in [7, 11) is -7.13. The summed E-state index contributed by atoms with van der Waals surface area (Å²) in [5.74, 6) is 0. The normalized spacial score (nSPS) is 20.2. The molecule has 1 atom stereocenters. The van der Waals surface area contributed by atoms with Crippen LogP contribution in [0.3, 0.4) is 0 Å². The number of rotatable bonds is 4. The summed E-state index contributed by atoms with van der Waals surface area (Å²) in [6, 6.07) is 4.93. The van der Waals surface area contributed by atoms with E-state index in [0.717, 1.165) is 37.5 Å². The van der Waals surface area contributed by atoms with Crippen LogP contribution in [0.5, 0.6) is 0 Å². The van der Waals surface area contributed by atoms with Crippen LogP contribution >= 0.6 is 0 Å². The molecule has 1 saturated heterocycles. The van der Waals surface area contributed by atoms with Gasteiger partial charge in [0.05, 0.1) is 9.79 Å². The molecule has 1 N–H and O–H groups in total. The molecule has 20 heavy (non-hydrogen) atoms. The van der Waals surface area contributed by atoms with Gasteiger partial charge in [-0.1, -0.05) is 6.07 Å². The van der Waals surface area contributed by atoms with Gasteiger partial charge in [-0.3, -0.25) is 0 Å². The Balaban J connectivity index is 2.44. The molecule has 1 aliphatic rings. The van der Waals surface area contributed by atoms with E-state index in [9.17, 15) is 16.8 Å². The van der Waals surface area contributed by atoms with Crippen LogP contribution < -0.4 is 5.32 Å². The topological polar surface area (TPSA) is 80.3 Å². The zero-order chi connectivity index (χ0) is 15.0. The fourth-order valence-corrected chi connectivity index (χ4v) is 4.94. The summed E-state index contributed by atoms with van der Waals surface area (Å²) in [5.41, 5.74) is 0.845. The second-order valence-corrected chi connectivity index (χ2v) is 9.29. The molecule has 1 aromatic carbocycles. The zero-order valence-electron chi connectivity index (χ0n) is 11.6. The van der Waals surface area contributed by atoms with Crippen molar-refractivity contribution < 1.29 is 16.8 Å². The van der Waals surface area contributed by atoms with Crippen molar-refractivity contribution in [1.82, 2.24) is 5.32 Å². The Morgan fingerprint density at radius 1 is 1.10 bits per heavy atom. The Morgan fingerprint density at radius 2 is 1.75 bits per heavy atom. The summed E-state index contributed by atoms with van der Waals surface area (Å²) in [6.45, 7) is 0.977. The molecule has 0 aromatic heterocycles. The van der Waals surface area contributed by atoms with Crippen LogP contribution in [0, 0.1) is 0 Å². The van der Waals surface area contributed by atoms with E-state index in [1.807, 2.05) is 0 Å². The monoisotopic (exact) mass is 317 g/mol. The maximum absolute atomic E-state index is 11.8. The highest BCUT2D eigenvalue weighted by molar-refractivity contribution is 7.93. The number of benzene rings is 1. The predicted molar refractivity (Wildman–Crippen MR) is 77.4 cm³/mol. The van der Waals surface area contributed by atoms with E-state index in [1.54, 1.807) is 6.07 Å². The van der Waals surface area contributed by atoms with Gasteiger partial charge in [-0.25, -0.2) is 16.8 Å². The van der Waals surface area contributed by atoms with E-state index in [-0.39, 0.29) is 9.79 Å². The maximum atomic E-state index is 11.8. The molecule has 2 rings (SSSR count). The summed E-state index contributed by atoms with van der Waals surface area (Å²) >= 11 is 0. The average Bonchev–Trinajstić information content (AvgIpc) is 2.79. The summed E-state index contributed by atoms with van der Waals surface area (Å²) < 4.78 is 47.0. The van der Waals surface area contributed by atoms with Crippen molar-refractivity contribution in [3.63, 3.8) is 0 Å². The number of hydrogen-bond donors (Lipinski definition) is 1. The van der Waals surface area contributed by atoms with E-state index in [0.29, 0.717) is 12.5 Å². The van der Waals surface area contributed by atoms with Gasteiger partial charge in [-0.05, 0) is 43.5 Å². The van der Waals surface area contributed by atoms with Gasteiger partial charge in [-0.2, -0.15) is 0 Å². The third-order valence-electron chi connectivity index (χ3n) is 3.45. The van der Waals surface area contributed by atoms with Gasteiger partial charge in [-0.15, -0.1) is 0 Å². The van der Waals surface area contributed by atoms with Crippen LogP contribution in [0.4, 0.5) is 0 Å². The molecule has 112 valence electrons. The van der Waals surface area contributed by atoms with Gasteiger partial charge in [0.2, 0.25) is 0 Å². The third kappa shape index (κ3) is 3.59. The molecule has 1 aliphatic heterocycles. The van der Waals surface area contributed by atoms with E-state index in [2.05, 4.69) is 5.32 Å².